The average Bonchev–Trinajstić information content (AvgIpc) is 3.23. The summed E-state index contributed by atoms with van der Waals surface area (Å²) in [6, 6.07) is 15.1. The van der Waals surface area contributed by atoms with Crippen molar-refractivity contribution in [3.8, 4) is 17.4 Å². The molecule has 3 aromatic carbocycles. The molecule has 0 bridgehead atoms. The second-order valence-electron chi connectivity index (χ2n) is 9.05. The standard InChI is InChI=1S/C28H25ClFN3O5S/c1-32(39(3,35)36)26-21-5-4-12-31-25(21)27(38-16-17-6-10-20(37-2)11-7-17)24-22(26)15-33(28(24)34)14-18-8-9-19(29)13-23(18)30/h4-13,15,34H,14,16H2,1-3H3. The van der Waals surface area contributed by atoms with Crippen LogP contribution in [0.1, 0.15) is 11.1 Å². The Hall–Kier alpha value is -4.02. The topological polar surface area (TPSA) is 93.9 Å². The number of hydrogen-bond donors (Lipinski definition) is 1. The van der Waals surface area contributed by atoms with Gasteiger partial charge in [0.1, 0.15) is 23.7 Å². The van der Waals surface area contributed by atoms with Crippen LogP contribution in [0.3, 0.4) is 0 Å². The first-order valence-electron chi connectivity index (χ1n) is 11.8. The molecule has 39 heavy (non-hydrogen) atoms. The number of methoxy groups -OCH3 is 1. The molecule has 5 rings (SSSR count). The van der Waals surface area contributed by atoms with Crippen LogP contribution in [0.25, 0.3) is 21.7 Å². The molecule has 202 valence electrons. The molecular formula is C28H25ClFN3O5S. The van der Waals surface area contributed by atoms with Gasteiger partial charge in [-0.05, 0) is 42.0 Å². The minimum Gasteiger partial charge on any atom is -0.497 e. The molecule has 0 aliphatic carbocycles. The molecule has 8 nitrogen and oxygen atoms in total. The van der Waals surface area contributed by atoms with Crippen LogP contribution in [0, 0.1) is 5.82 Å². The summed E-state index contributed by atoms with van der Waals surface area (Å²) in [6.07, 6.45) is 4.24. The van der Waals surface area contributed by atoms with Gasteiger partial charge in [-0.3, -0.25) is 9.29 Å². The minimum atomic E-state index is -3.70. The predicted octanol–water partition coefficient (Wildman–Crippen LogP) is 5.72. The lowest BCUT2D eigenvalue weighted by Crippen LogP contribution is -2.25. The fraction of sp³-hybridized carbons (Fsp3) is 0.179. The van der Waals surface area contributed by atoms with E-state index in [1.54, 1.807) is 37.7 Å². The van der Waals surface area contributed by atoms with Crippen LogP contribution in [0.4, 0.5) is 10.1 Å². The van der Waals surface area contributed by atoms with E-state index >= 15 is 0 Å². The molecular weight excluding hydrogens is 545 g/mol. The van der Waals surface area contributed by atoms with Crippen LogP contribution in [0.2, 0.25) is 5.02 Å². The predicted molar refractivity (Wildman–Crippen MR) is 150 cm³/mol. The molecule has 2 heterocycles. The lowest BCUT2D eigenvalue weighted by Gasteiger charge is -2.21. The Kier molecular flexibility index (Phi) is 7.00. The highest BCUT2D eigenvalue weighted by Gasteiger charge is 2.27. The van der Waals surface area contributed by atoms with Gasteiger partial charge in [0.25, 0.3) is 0 Å². The molecule has 0 unspecified atom stereocenters. The third-order valence-corrected chi connectivity index (χ3v) is 7.93. The molecule has 0 fully saturated rings. The molecule has 2 aromatic heterocycles. The number of sulfonamides is 1. The molecule has 11 heteroatoms. The van der Waals surface area contributed by atoms with E-state index in [0.29, 0.717) is 27.7 Å². The molecule has 0 saturated heterocycles. The number of nitrogens with zero attached hydrogens (tertiary/aromatic N) is 3. The SMILES string of the molecule is COc1ccc(COc2c3ncccc3c(N(C)S(C)(=O)=O)c3cn(Cc4ccc(Cl)cc4F)c(O)c23)cc1. The molecule has 0 spiro atoms. The lowest BCUT2D eigenvalue weighted by molar-refractivity contribution is 0.311. The van der Waals surface area contributed by atoms with Gasteiger partial charge in [-0.2, -0.15) is 0 Å². The van der Waals surface area contributed by atoms with Crippen molar-refractivity contribution in [2.75, 3.05) is 24.7 Å². The van der Waals surface area contributed by atoms with Gasteiger partial charge < -0.3 is 19.1 Å². The second kappa shape index (κ2) is 10.3. The van der Waals surface area contributed by atoms with Crippen molar-refractivity contribution < 1.29 is 27.4 Å². The van der Waals surface area contributed by atoms with Crippen LogP contribution in [-0.4, -0.2) is 43.5 Å². The van der Waals surface area contributed by atoms with Crippen LogP contribution in [0.5, 0.6) is 17.4 Å². The summed E-state index contributed by atoms with van der Waals surface area (Å²) in [5.41, 5.74) is 1.82. The summed E-state index contributed by atoms with van der Waals surface area (Å²) in [5, 5.41) is 12.9. The first-order valence-corrected chi connectivity index (χ1v) is 14.1. The highest BCUT2D eigenvalue weighted by atomic mass is 35.5. The van der Waals surface area contributed by atoms with Gasteiger partial charge in [0.2, 0.25) is 15.9 Å². The highest BCUT2D eigenvalue weighted by Crippen LogP contribution is 2.47. The summed E-state index contributed by atoms with van der Waals surface area (Å²) in [4.78, 5) is 4.49. The second-order valence-corrected chi connectivity index (χ2v) is 11.5. The van der Waals surface area contributed by atoms with Crippen LogP contribution in [0.15, 0.2) is 67.0 Å². The summed E-state index contributed by atoms with van der Waals surface area (Å²) in [5.74, 6) is 0.219. The summed E-state index contributed by atoms with van der Waals surface area (Å²) in [7, 11) is -0.686. The maximum Gasteiger partial charge on any atom is 0.232 e. The van der Waals surface area contributed by atoms with Gasteiger partial charge in [0.05, 0.1) is 31.0 Å². The Morgan fingerprint density at radius 2 is 1.87 bits per heavy atom. The Morgan fingerprint density at radius 1 is 1.13 bits per heavy atom. The molecule has 0 radical (unpaired) electrons. The number of halogens is 2. The van der Waals surface area contributed by atoms with Gasteiger partial charge in [-0.1, -0.05) is 29.8 Å². The molecule has 0 amide bonds. The van der Waals surface area contributed by atoms with Crippen LogP contribution < -0.4 is 13.8 Å². The summed E-state index contributed by atoms with van der Waals surface area (Å²) < 4.78 is 54.0. The largest absolute Gasteiger partial charge is 0.497 e. The highest BCUT2D eigenvalue weighted by molar-refractivity contribution is 7.92. The van der Waals surface area contributed by atoms with Crippen molar-refractivity contribution in [3.63, 3.8) is 0 Å². The number of anilines is 1. The van der Waals surface area contributed by atoms with Crippen molar-refractivity contribution in [3.05, 3.63) is 89.0 Å². The maximum absolute atomic E-state index is 14.6. The first kappa shape index (κ1) is 26.6. The number of fused-ring (bicyclic) bond motifs is 2. The Balaban J connectivity index is 1.73. The van der Waals surface area contributed by atoms with Gasteiger partial charge in [-0.25, -0.2) is 12.8 Å². The zero-order valence-corrected chi connectivity index (χ0v) is 22.9. The Labute approximate surface area is 229 Å². The molecule has 0 saturated carbocycles. The minimum absolute atomic E-state index is 0.0345. The van der Waals surface area contributed by atoms with E-state index in [0.717, 1.165) is 16.1 Å². The average molecular weight is 570 g/mol. The number of aromatic nitrogens is 2. The fourth-order valence-corrected chi connectivity index (χ4v) is 5.15. The van der Waals surface area contributed by atoms with E-state index in [4.69, 9.17) is 21.1 Å². The zero-order chi connectivity index (χ0) is 27.9. The summed E-state index contributed by atoms with van der Waals surface area (Å²) in [6.45, 7) is 0.107. The molecule has 5 aromatic rings. The molecule has 0 atom stereocenters. The van der Waals surface area contributed by atoms with Crippen LogP contribution in [-0.2, 0) is 23.2 Å². The smallest absolute Gasteiger partial charge is 0.232 e. The normalized spacial score (nSPS) is 11.7. The Morgan fingerprint density at radius 3 is 2.54 bits per heavy atom. The molecule has 0 aliphatic rings. The van der Waals surface area contributed by atoms with Gasteiger partial charge >= 0.3 is 0 Å². The van der Waals surface area contributed by atoms with Gasteiger partial charge in [-0.15, -0.1) is 0 Å². The third kappa shape index (κ3) is 5.05. The van der Waals surface area contributed by atoms with Gasteiger partial charge in [0, 0.05) is 40.8 Å². The van der Waals surface area contributed by atoms with Crippen molar-refractivity contribution >= 4 is 49.0 Å². The van der Waals surface area contributed by atoms with Crippen molar-refractivity contribution in [2.45, 2.75) is 13.2 Å². The number of rotatable bonds is 8. The van der Waals surface area contributed by atoms with E-state index in [-0.39, 0.29) is 40.8 Å². The van der Waals surface area contributed by atoms with Crippen molar-refractivity contribution in [1.82, 2.24) is 9.55 Å². The number of benzene rings is 3. The number of pyridine rings is 1. The van der Waals surface area contributed by atoms with E-state index in [1.807, 2.05) is 24.3 Å². The lowest BCUT2D eigenvalue weighted by atomic mass is 10.1. The van der Waals surface area contributed by atoms with Crippen LogP contribution >= 0.6 is 11.6 Å². The number of hydrogen-bond acceptors (Lipinski definition) is 6. The Bertz CT molecular complexity index is 1810. The monoisotopic (exact) mass is 569 g/mol. The van der Waals surface area contributed by atoms with Gasteiger partial charge in [0.15, 0.2) is 5.75 Å². The number of aromatic hydroxyl groups is 1. The van der Waals surface area contributed by atoms with E-state index < -0.39 is 15.8 Å². The first-order chi connectivity index (χ1) is 18.6. The maximum atomic E-state index is 14.6. The van der Waals surface area contributed by atoms with E-state index in [2.05, 4.69) is 4.98 Å². The van der Waals surface area contributed by atoms with E-state index in [1.165, 1.54) is 23.7 Å². The van der Waals surface area contributed by atoms with E-state index in [9.17, 15) is 17.9 Å². The molecule has 0 aliphatic heterocycles. The van der Waals surface area contributed by atoms with Crippen molar-refractivity contribution in [1.29, 1.82) is 0 Å². The summed E-state index contributed by atoms with van der Waals surface area (Å²) >= 11 is 5.91. The molecule has 1 N–H and O–H groups in total. The zero-order valence-electron chi connectivity index (χ0n) is 21.4. The third-order valence-electron chi connectivity index (χ3n) is 6.52. The fourth-order valence-electron chi connectivity index (χ4n) is 4.47. The number of ether oxygens (including phenoxy) is 2. The quantitative estimate of drug-likeness (QED) is 0.257. The van der Waals surface area contributed by atoms with Crippen molar-refractivity contribution in [2.24, 2.45) is 0 Å².